The van der Waals surface area contributed by atoms with Crippen molar-refractivity contribution in [2.75, 3.05) is 20.3 Å². The predicted molar refractivity (Wildman–Crippen MR) is 155 cm³/mol. The second kappa shape index (κ2) is 22.7. The summed E-state index contributed by atoms with van der Waals surface area (Å²) in [6.07, 6.45) is 13.4. The number of hydrogen-bond donors (Lipinski definition) is 1. The Morgan fingerprint density at radius 3 is 2.11 bits per heavy atom. The van der Waals surface area contributed by atoms with Crippen molar-refractivity contribution < 1.29 is 14.6 Å². The minimum Gasteiger partial charge on any atom is -0.400 e. The fraction of sp³-hybridized carbons (Fsp3) is 0.656. The van der Waals surface area contributed by atoms with Gasteiger partial charge in [-0.3, -0.25) is 4.79 Å². The molecule has 0 amide bonds. The van der Waals surface area contributed by atoms with Crippen LogP contribution in [0.2, 0.25) is 0 Å². The van der Waals surface area contributed by atoms with Crippen molar-refractivity contribution in [3.8, 4) is 0 Å². The molecule has 0 aliphatic carbocycles. The monoisotopic (exact) mass is 488 g/mol. The number of allylic oxidation sites excluding steroid dienone is 2. The van der Waals surface area contributed by atoms with E-state index in [0.29, 0.717) is 24.4 Å². The van der Waals surface area contributed by atoms with E-state index in [1.807, 2.05) is 0 Å². The zero-order chi connectivity index (χ0) is 27.1. The highest BCUT2D eigenvalue weighted by Crippen LogP contribution is 2.21. The second-order valence-electron chi connectivity index (χ2n) is 10.6. The maximum atomic E-state index is 11.4. The largest absolute Gasteiger partial charge is 0.400 e. The second-order valence-corrected chi connectivity index (χ2v) is 10.6. The quantitative estimate of drug-likeness (QED) is 0.187. The highest BCUT2D eigenvalue weighted by atomic mass is 16.5. The average molecular weight is 489 g/mol. The first-order valence-corrected chi connectivity index (χ1v) is 13.6. The molecule has 0 heterocycles. The number of unbranched alkanes of at least 4 members (excludes halogenated alkanes) is 2. The molecule has 3 nitrogen and oxygen atoms in total. The van der Waals surface area contributed by atoms with Crippen LogP contribution in [0.4, 0.5) is 0 Å². The van der Waals surface area contributed by atoms with E-state index < -0.39 is 0 Å². The van der Waals surface area contributed by atoms with Crippen LogP contribution in [-0.4, -0.2) is 31.2 Å². The lowest BCUT2D eigenvalue weighted by Gasteiger charge is -2.13. The van der Waals surface area contributed by atoms with Gasteiger partial charge >= 0.3 is 0 Å². The predicted octanol–water partition coefficient (Wildman–Crippen LogP) is 8.84. The number of carbonyl (C=O) groups is 1. The Kier molecular flexibility index (Phi) is 23.0. The van der Waals surface area contributed by atoms with Gasteiger partial charge in [0.25, 0.3) is 0 Å². The van der Waals surface area contributed by atoms with Crippen LogP contribution in [0, 0.1) is 11.3 Å². The van der Waals surface area contributed by atoms with Gasteiger partial charge in [0.1, 0.15) is 0 Å². The zero-order valence-electron chi connectivity index (χ0n) is 24.3. The maximum Gasteiger partial charge on any atom is 0.155 e. The van der Waals surface area contributed by atoms with E-state index in [1.165, 1.54) is 42.0 Å². The van der Waals surface area contributed by atoms with E-state index in [-0.39, 0.29) is 5.78 Å². The van der Waals surface area contributed by atoms with Gasteiger partial charge in [-0.1, -0.05) is 105 Å². The fourth-order valence-corrected chi connectivity index (χ4v) is 3.40. The zero-order valence-corrected chi connectivity index (χ0v) is 24.3. The number of aliphatic hydroxyl groups is 1. The molecular formula is C32H56O3. The van der Waals surface area contributed by atoms with Gasteiger partial charge in [-0.2, -0.15) is 0 Å². The fourth-order valence-electron chi connectivity index (χ4n) is 3.40. The Morgan fingerprint density at radius 1 is 1.03 bits per heavy atom. The topological polar surface area (TPSA) is 46.5 Å². The maximum absolute atomic E-state index is 11.4. The van der Waals surface area contributed by atoms with Crippen LogP contribution in [0.3, 0.4) is 0 Å². The number of aryl methyl sites for hydroxylation is 1. The van der Waals surface area contributed by atoms with Gasteiger partial charge in [0, 0.05) is 20.1 Å². The molecule has 1 rings (SSSR count). The third kappa shape index (κ3) is 22.5. The molecule has 1 atom stereocenters. The Bertz CT molecular complexity index is 659. The normalized spacial score (nSPS) is 12.1. The van der Waals surface area contributed by atoms with Crippen molar-refractivity contribution in [2.24, 2.45) is 11.3 Å². The lowest BCUT2D eigenvalue weighted by atomic mass is 9.92. The van der Waals surface area contributed by atoms with Crippen molar-refractivity contribution in [2.45, 2.75) is 106 Å². The standard InChI is InChI=1S/C26H40O2.C5H12.CH4O/c1-5-20-28-21-25(24-17-14-23(7-3)15-18-24)13-11-9-10-12-22(6-2)16-19-26(27)8-4;1-5(2,3)4;1-2/h8,13-15,17-18,22H,4-7,9-12,16,19-21H2,1-3H3;1-4H3;2H,1H3/b25-13+;;. The molecule has 0 bridgehead atoms. The summed E-state index contributed by atoms with van der Waals surface area (Å²) in [6.45, 7) is 20.4. The summed E-state index contributed by atoms with van der Waals surface area (Å²) in [5, 5.41) is 7.00. The van der Waals surface area contributed by atoms with Gasteiger partial charge in [0.05, 0.1) is 6.61 Å². The van der Waals surface area contributed by atoms with Crippen LogP contribution in [0.1, 0.15) is 111 Å². The Morgan fingerprint density at radius 2 is 1.63 bits per heavy atom. The number of ketones is 1. The first-order valence-electron chi connectivity index (χ1n) is 13.6. The summed E-state index contributed by atoms with van der Waals surface area (Å²) in [6, 6.07) is 8.90. The third-order valence-corrected chi connectivity index (χ3v) is 5.40. The van der Waals surface area contributed by atoms with Crippen LogP contribution >= 0.6 is 0 Å². The van der Waals surface area contributed by atoms with Crippen LogP contribution in [0.15, 0.2) is 43.0 Å². The average Bonchev–Trinajstić information content (AvgIpc) is 2.84. The first-order chi connectivity index (χ1) is 16.6. The lowest BCUT2D eigenvalue weighted by Crippen LogP contribution is -2.03. The van der Waals surface area contributed by atoms with E-state index in [1.54, 1.807) is 0 Å². The summed E-state index contributed by atoms with van der Waals surface area (Å²) in [7, 11) is 1.00. The Balaban J connectivity index is 0. The van der Waals surface area contributed by atoms with Gasteiger partial charge in [0.15, 0.2) is 5.78 Å². The van der Waals surface area contributed by atoms with Crippen LogP contribution in [0.5, 0.6) is 0 Å². The molecule has 1 unspecified atom stereocenters. The SMILES string of the molecule is C=CC(=O)CCC(CC)CCCC/C=C(\COCCC)c1ccc(CC)cc1.CC(C)(C)C.CO. The van der Waals surface area contributed by atoms with E-state index >= 15 is 0 Å². The summed E-state index contributed by atoms with van der Waals surface area (Å²) >= 11 is 0. The number of benzene rings is 1. The summed E-state index contributed by atoms with van der Waals surface area (Å²) in [4.78, 5) is 11.4. The van der Waals surface area contributed by atoms with Gasteiger partial charge in [-0.15, -0.1) is 0 Å². The van der Waals surface area contributed by atoms with E-state index in [9.17, 15) is 4.79 Å². The highest BCUT2D eigenvalue weighted by molar-refractivity contribution is 5.88. The minimum absolute atomic E-state index is 0.173. The summed E-state index contributed by atoms with van der Waals surface area (Å²) < 4.78 is 5.83. The molecule has 0 spiro atoms. The molecule has 0 saturated carbocycles. The van der Waals surface area contributed by atoms with Crippen LogP contribution in [0.25, 0.3) is 5.57 Å². The molecule has 0 fully saturated rings. The number of aliphatic hydroxyl groups excluding tert-OH is 1. The Labute approximate surface area is 218 Å². The van der Waals surface area contributed by atoms with Crippen molar-refractivity contribution in [3.05, 3.63) is 54.1 Å². The van der Waals surface area contributed by atoms with E-state index in [4.69, 9.17) is 9.84 Å². The Hall–Kier alpha value is -1.71. The summed E-state index contributed by atoms with van der Waals surface area (Å²) in [5.74, 6) is 0.828. The molecule has 202 valence electrons. The van der Waals surface area contributed by atoms with Gasteiger partial charge in [-0.05, 0) is 66.2 Å². The molecule has 1 aromatic carbocycles. The molecule has 0 aliphatic rings. The number of rotatable bonds is 16. The molecular weight excluding hydrogens is 432 g/mol. The van der Waals surface area contributed by atoms with Crippen molar-refractivity contribution in [3.63, 3.8) is 0 Å². The smallest absolute Gasteiger partial charge is 0.155 e. The van der Waals surface area contributed by atoms with Crippen molar-refractivity contribution >= 4 is 11.4 Å². The van der Waals surface area contributed by atoms with Gasteiger partial charge in [0.2, 0.25) is 0 Å². The van der Waals surface area contributed by atoms with Gasteiger partial charge in [-0.25, -0.2) is 0 Å². The molecule has 3 heteroatoms. The molecule has 0 saturated heterocycles. The molecule has 0 aromatic heterocycles. The number of carbonyl (C=O) groups excluding carboxylic acids is 1. The molecule has 1 aromatic rings. The van der Waals surface area contributed by atoms with Crippen LogP contribution in [-0.2, 0) is 16.0 Å². The molecule has 1 N–H and O–H groups in total. The first kappa shape index (κ1) is 35.5. The molecule has 0 aliphatic heterocycles. The van der Waals surface area contributed by atoms with Crippen LogP contribution < -0.4 is 0 Å². The number of ether oxygens (including phenoxy) is 1. The summed E-state index contributed by atoms with van der Waals surface area (Å²) in [5.41, 5.74) is 4.46. The van der Waals surface area contributed by atoms with Crippen molar-refractivity contribution in [1.29, 1.82) is 0 Å². The highest BCUT2D eigenvalue weighted by Gasteiger charge is 2.08. The van der Waals surface area contributed by atoms with Crippen molar-refractivity contribution in [1.82, 2.24) is 0 Å². The molecule has 0 radical (unpaired) electrons. The molecule has 35 heavy (non-hydrogen) atoms. The van der Waals surface area contributed by atoms with E-state index in [0.717, 1.165) is 45.8 Å². The number of hydrogen-bond acceptors (Lipinski definition) is 3. The van der Waals surface area contributed by atoms with Gasteiger partial charge < -0.3 is 9.84 Å². The lowest BCUT2D eigenvalue weighted by molar-refractivity contribution is -0.114. The third-order valence-electron chi connectivity index (χ3n) is 5.40. The van der Waals surface area contributed by atoms with E-state index in [2.05, 4.69) is 85.4 Å². The minimum atomic E-state index is 0.173.